The molecule has 4 rings (SSSR count). The zero-order valence-corrected chi connectivity index (χ0v) is 18.1. The standard InChI is InChI=1S/C23H23N3O4S/c1-29-16-10-11-17(20(13-16)30-2)18-14-31-23(24-18)25-21(27)19-9-6-12-26(19)22(28)15-7-4-3-5-8-15/h3-5,7-8,10-11,13-14,19H,6,9,12H2,1-2H3,(H,24,25,27). The van der Waals surface area contributed by atoms with E-state index < -0.39 is 6.04 Å². The summed E-state index contributed by atoms with van der Waals surface area (Å²) in [4.78, 5) is 32.0. The molecule has 31 heavy (non-hydrogen) atoms. The minimum Gasteiger partial charge on any atom is -0.497 e. The lowest BCUT2D eigenvalue weighted by Crippen LogP contribution is -2.43. The summed E-state index contributed by atoms with van der Waals surface area (Å²) in [6.45, 7) is 0.567. The van der Waals surface area contributed by atoms with Crippen molar-refractivity contribution in [3.8, 4) is 22.8 Å². The van der Waals surface area contributed by atoms with E-state index in [2.05, 4.69) is 10.3 Å². The second kappa shape index (κ2) is 9.18. The zero-order valence-electron chi connectivity index (χ0n) is 17.3. The molecule has 7 nitrogen and oxygen atoms in total. The summed E-state index contributed by atoms with van der Waals surface area (Å²) in [5.41, 5.74) is 2.09. The zero-order chi connectivity index (χ0) is 21.8. The monoisotopic (exact) mass is 437 g/mol. The van der Waals surface area contributed by atoms with Crippen molar-refractivity contribution in [2.45, 2.75) is 18.9 Å². The van der Waals surface area contributed by atoms with E-state index in [1.54, 1.807) is 37.3 Å². The lowest BCUT2D eigenvalue weighted by atomic mass is 10.1. The first-order valence-electron chi connectivity index (χ1n) is 9.95. The van der Waals surface area contributed by atoms with E-state index >= 15 is 0 Å². The van der Waals surface area contributed by atoms with Gasteiger partial charge in [0.1, 0.15) is 17.5 Å². The molecule has 1 aliphatic heterocycles. The molecule has 1 fully saturated rings. The summed E-state index contributed by atoms with van der Waals surface area (Å²) < 4.78 is 10.7. The van der Waals surface area contributed by atoms with Crippen LogP contribution in [0.4, 0.5) is 5.13 Å². The quantitative estimate of drug-likeness (QED) is 0.629. The predicted molar refractivity (Wildman–Crippen MR) is 120 cm³/mol. The Labute approximate surface area is 184 Å². The van der Waals surface area contributed by atoms with E-state index in [0.29, 0.717) is 40.9 Å². The van der Waals surface area contributed by atoms with E-state index in [1.165, 1.54) is 11.3 Å². The largest absolute Gasteiger partial charge is 0.497 e. The Morgan fingerprint density at radius 3 is 2.68 bits per heavy atom. The van der Waals surface area contributed by atoms with Gasteiger partial charge in [-0.05, 0) is 37.1 Å². The van der Waals surface area contributed by atoms with Gasteiger partial charge in [-0.3, -0.25) is 9.59 Å². The Bertz CT molecular complexity index is 1080. The fraction of sp³-hybridized carbons (Fsp3) is 0.261. The summed E-state index contributed by atoms with van der Waals surface area (Å²) in [6.07, 6.45) is 1.43. The topological polar surface area (TPSA) is 80.8 Å². The Hall–Kier alpha value is -3.39. The van der Waals surface area contributed by atoms with Gasteiger partial charge in [0.25, 0.3) is 5.91 Å². The lowest BCUT2D eigenvalue weighted by Gasteiger charge is -2.23. The van der Waals surface area contributed by atoms with Crippen molar-refractivity contribution in [3.63, 3.8) is 0 Å². The van der Waals surface area contributed by atoms with Gasteiger partial charge < -0.3 is 19.7 Å². The molecule has 1 atom stereocenters. The fourth-order valence-corrected chi connectivity index (χ4v) is 4.40. The highest BCUT2D eigenvalue weighted by Crippen LogP contribution is 2.35. The van der Waals surface area contributed by atoms with Crippen molar-refractivity contribution in [2.75, 3.05) is 26.1 Å². The highest BCUT2D eigenvalue weighted by Gasteiger charge is 2.34. The number of carbonyl (C=O) groups is 2. The minimum absolute atomic E-state index is 0.124. The third-order valence-corrected chi connectivity index (χ3v) is 6.01. The third kappa shape index (κ3) is 4.39. The van der Waals surface area contributed by atoms with Crippen LogP contribution in [0.15, 0.2) is 53.9 Å². The van der Waals surface area contributed by atoms with Gasteiger partial charge in [0.15, 0.2) is 5.13 Å². The van der Waals surface area contributed by atoms with E-state index in [9.17, 15) is 9.59 Å². The van der Waals surface area contributed by atoms with Gasteiger partial charge in [-0.15, -0.1) is 11.3 Å². The summed E-state index contributed by atoms with van der Waals surface area (Å²) in [6, 6.07) is 14.0. The number of hydrogen-bond donors (Lipinski definition) is 1. The van der Waals surface area contributed by atoms with Crippen LogP contribution < -0.4 is 14.8 Å². The molecule has 2 amide bonds. The van der Waals surface area contributed by atoms with Gasteiger partial charge in [0.05, 0.1) is 19.9 Å². The lowest BCUT2D eigenvalue weighted by molar-refractivity contribution is -0.119. The number of methoxy groups -OCH3 is 2. The first kappa shape index (κ1) is 20.9. The second-order valence-corrected chi connectivity index (χ2v) is 7.97. The van der Waals surface area contributed by atoms with E-state index in [4.69, 9.17) is 9.47 Å². The molecule has 0 bridgehead atoms. The van der Waals surface area contributed by atoms with Crippen LogP contribution in [0.1, 0.15) is 23.2 Å². The SMILES string of the molecule is COc1ccc(-c2csc(NC(=O)C3CCCN3C(=O)c3ccccc3)n2)c(OC)c1. The van der Waals surface area contributed by atoms with Crippen LogP contribution in [0.5, 0.6) is 11.5 Å². The average molecular weight is 438 g/mol. The number of hydrogen-bond acceptors (Lipinski definition) is 6. The summed E-state index contributed by atoms with van der Waals surface area (Å²) in [5.74, 6) is 0.983. The van der Waals surface area contributed by atoms with Crippen LogP contribution in [0.2, 0.25) is 0 Å². The van der Waals surface area contributed by atoms with Crippen molar-refractivity contribution < 1.29 is 19.1 Å². The number of ether oxygens (including phenoxy) is 2. The molecule has 160 valence electrons. The van der Waals surface area contributed by atoms with E-state index in [0.717, 1.165) is 12.0 Å². The number of likely N-dealkylation sites (tertiary alicyclic amines) is 1. The number of nitrogens with zero attached hydrogens (tertiary/aromatic N) is 2. The van der Waals surface area contributed by atoms with Gasteiger partial charge >= 0.3 is 0 Å². The first-order valence-corrected chi connectivity index (χ1v) is 10.8. The number of benzene rings is 2. The Morgan fingerprint density at radius 1 is 1.13 bits per heavy atom. The van der Waals surface area contributed by atoms with Crippen LogP contribution in [-0.4, -0.2) is 48.5 Å². The highest BCUT2D eigenvalue weighted by molar-refractivity contribution is 7.14. The Balaban J connectivity index is 1.48. The van der Waals surface area contributed by atoms with E-state index in [-0.39, 0.29) is 11.8 Å². The molecule has 2 heterocycles. The van der Waals surface area contributed by atoms with Crippen molar-refractivity contribution in [2.24, 2.45) is 0 Å². The number of aromatic nitrogens is 1. The molecular formula is C23H23N3O4S. The van der Waals surface area contributed by atoms with Crippen LogP contribution in [-0.2, 0) is 4.79 Å². The van der Waals surface area contributed by atoms with Crippen molar-refractivity contribution in [1.29, 1.82) is 0 Å². The Morgan fingerprint density at radius 2 is 1.94 bits per heavy atom. The number of anilines is 1. The van der Waals surface area contributed by atoms with Gasteiger partial charge in [0.2, 0.25) is 5.91 Å². The van der Waals surface area contributed by atoms with Crippen LogP contribution >= 0.6 is 11.3 Å². The molecule has 2 aromatic carbocycles. The molecule has 8 heteroatoms. The van der Waals surface area contributed by atoms with Gasteiger partial charge in [0, 0.05) is 29.1 Å². The molecule has 0 aliphatic carbocycles. The molecule has 1 aliphatic rings. The van der Waals surface area contributed by atoms with Crippen LogP contribution in [0.3, 0.4) is 0 Å². The summed E-state index contributed by atoms with van der Waals surface area (Å²) in [7, 11) is 3.19. The fourth-order valence-electron chi connectivity index (χ4n) is 3.68. The Kier molecular flexibility index (Phi) is 6.18. The maximum absolute atomic E-state index is 12.9. The van der Waals surface area contributed by atoms with Crippen molar-refractivity contribution >= 4 is 28.3 Å². The third-order valence-electron chi connectivity index (χ3n) is 5.26. The molecule has 0 radical (unpaired) electrons. The van der Waals surface area contributed by atoms with Crippen LogP contribution in [0, 0.1) is 0 Å². The molecule has 0 saturated carbocycles. The average Bonchev–Trinajstić information content (AvgIpc) is 3.48. The van der Waals surface area contributed by atoms with E-state index in [1.807, 2.05) is 35.7 Å². The van der Waals surface area contributed by atoms with Crippen molar-refractivity contribution in [1.82, 2.24) is 9.88 Å². The smallest absolute Gasteiger partial charge is 0.254 e. The molecule has 1 N–H and O–H groups in total. The number of rotatable bonds is 6. The predicted octanol–water partition coefficient (Wildman–Crippen LogP) is 4.07. The highest BCUT2D eigenvalue weighted by atomic mass is 32.1. The normalized spacial score (nSPS) is 15.5. The maximum atomic E-state index is 12.9. The van der Waals surface area contributed by atoms with Gasteiger partial charge in [-0.1, -0.05) is 18.2 Å². The van der Waals surface area contributed by atoms with Gasteiger partial charge in [-0.2, -0.15) is 0 Å². The molecular weight excluding hydrogens is 414 g/mol. The summed E-state index contributed by atoms with van der Waals surface area (Å²) in [5, 5.41) is 5.23. The van der Waals surface area contributed by atoms with Crippen LogP contribution in [0.25, 0.3) is 11.3 Å². The maximum Gasteiger partial charge on any atom is 0.254 e. The molecule has 1 saturated heterocycles. The van der Waals surface area contributed by atoms with Crippen molar-refractivity contribution in [3.05, 3.63) is 59.5 Å². The molecule has 1 aromatic heterocycles. The second-order valence-electron chi connectivity index (χ2n) is 7.12. The molecule has 3 aromatic rings. The van der Waals surface area contributed by atoms with Gasteiger partial charge in [-0.25, -0.2) is 4.98 Å². The number of amides is 2. The molecule has 0 spiro atoms. The number of carbonyl (C=O) groups excluding carboxylic acids is 2. The number of thiazole rings is 1. The first-order chi connectivity index (χ1) is 15.1. The minimum atomic E-state index is -0.504. The number of nitrogens with one attached hydrogen (secondary N) is 1. The molecule has 1 unspecified atom stereocenters. The summed E-state index contributed by atoms with van der Waals surface area (Å²) >= 11 is 1.33.